The Morgan fingerprint density at radius 2 is 2.33 bits per heavy atom. The molecule has 0 radical (unpaired) electrons. The van der Waals surface area contributed by atoms with Gasteiger partial charge in [-0.25, -0.2) is 0 Å². The van der Waals surface area contributed by atoms with Crippen LogP contribution in [0.3, 0.4) is 0 Å². The Bertz CT molecular complexity index is 365. The lowest BCUT2D eigenvalue weighted by atomic mass is 9.95. The molecule has 1 heterocycles. The Labute approximate surface area is 95.4 Å². The molecule has 0 saturated carbocycles. The topological polar surface area (TPSA) is 35.2 Å². The first-order chi connectivity index (χ1) is 7.22. The van der Waals surface area contributed by atoms with Gasteiger partial charge >= 0.3 is 0 Å². The van der Waals surface area contributed by atoms with Gasteiger partial charge in [-0.15, -0.1) is 0 Å². The van der Waals surface area contributed by atoms with Crippen LogP contribution in [0.15, 0.2) is 12.1 Å². The molecule has 2 N–H and O–H groups in total. The minimum Gasteiger partial charge on any atom is -0.491 e. The fourth-order valence-corrected chi connectivity index (χ4v) is 2.29. The first-order valence-electron chi connectivity index (χ1n) is 5.37. The molecule has 0 saturated heterocycles. The summed E-state index contributed by atoms with van der Waals surface area (Å²) in [6.45, 7) is 3.65. The van der Waals surface area contributed by atoms with Crippen molar-refractivity contribution in [2.45, 2.75) is 25.7 Å². The van der Waals surface area contributed by atoms with E-state index in [1.165, 1.54) is 11.1 Å². The lowest BCUT2D eigenvalue weighted by molar-refractivity contribution is 0.357. The zero-order valence-electron chi connectivity index (χ0n) is 8.92. The molecular weight excluding hydrogens is 210 g/mol. The van der Waals surface area contributed by atoms with E-state index in [2.05, 4.69) is 13.0 Å². The molecule has 1 aliphatic rings. The normalized spacial score (nSPS) is 15.9. The highest BCUT2D eigenvalue weighted by molar-refractivity contribution is 6.32. The van der Waals surface area contributed by atoms with E-state index < -0.39 is 0 Å². The summed E-state index contributed by atoms with van der Waals surface area (Å²) in [6.07, 6.45) is 1.97. The SMILES string of the molecule is CC(CCN)c1cc(Cl)c2c(c1)CCO2. The van der Waals surface area contributed by atoms with Gasteiger partial charge in [0.1, 0.15) is 5.75 Å². The van der Waals surface area contributed by atoms with Crippen LogP contribution in [-0.2, 0) is 6.42 Å². The van der Waals surface area contributed by atoms with Crippen molar-refractivity contribution in [1.29, 1.82) is 0 Å². The van der Waals surface area contributed by atoms with E-state index in [9.17, 15) is 0 Å². The van der Waals surface area contributed by atoms with E-state index in [1.54, 1.807) is 0 Å². The van der Waals surface area contributed by atoms with Crippen LogP contribution in [0.25, 0.3) is 0 Å². The van der Waals surface area contributed by atoms with E-state index >= 15 is 0 Å². The third-order valence-electron chi connectivity index (χ3n) is 2.93. The van der Waals surface area contributed by atoms with Crippen molar-refractivity contribution in [1.82, 2.24) is 0 Å². The molecule has 82 valence electrons. The van der Waals surface area contributed by atoms with E-state index in [0.717, 1.165) is 30.2 Å². The number of hydrogen-bond donors (Lipinski definition) is 1. The van der Waals surface area contributed by atoms with Gasteiger partial charge in [0.05, 0.1) is 11.6 Å². The average molecular weight is 226 g/mol. The van der Waals surface area contributed by atoms with Crippen LogP contribution in [0.5, 0.6) is 5.75 Å². The zero-order chi connectivity index (χ0) is 10.8. The molecule has 0 bridgehead atoms. The lowest BCUT2D eigenvalue weighted by Crippen LogP contribution is -2.04. The molecule has 1 aromatic rings. The fourth-order valence-electron chi connectivity index (χ4n) is 1.99. The largest absolute Gasteiger partial charge is 0.491 e. The summed E-state index contributed by atoms with van der Waals surface area (Å²) in [5, 5.41) is 0.740. The van der Waals surface area contributed by atoms with Crippen molar-refractivity contribution >= 4 is 11.6 Å². The molecule has 15 heavy (non-hydrogen) atoms. The Morgan fingerprint density at radius 1 is 1.53 bits per heavy atom. The predicted octanol–water partition coefficient (Wildman–Crippen LogP) is 2.73. The van der Waals surface area contributed by atoms with Gasteiger partial charge in [-0.05, 0) is 36.1 Å². The maximum absolute atomic E-state index is 6.16. The predicted molar refractivity (Wildman–Crippen MR) is 62.7 cm³/mol. The number of fused-ring (bicyclic) bond motifs is 1. The second kappa shape index (κ2) is 4.42. The summed E-state index contributed by atoms with van der Waals surface area (Å²) < 4.78 is 5.47. The van der Waals surface area contributed by atoms with Gasteiger partial charge in [0, 0.05) is 6.42 Å². The van der Waals surface area contributed by atoms with Crippen molar-refractivity contribution in [2.24, 2.45) is 5.73 Å². The molecule has 2 rings (SSSR count). The van der Waals surface area contributed by atoms with Gasteiger partial charge in [0.15, 0.2) is 0 Å². The van der Waals surface area contributed by atoms with Crippen LogP contribution in [0.2, 0.25) is 5.02 Å². The van der Waals surface area contributed by atoms with Crippen molar-refractivity contribution in [3.05, 3.63) is 28.3 Å². The molecule has 2 nitrogen and oxygen atoms in total. The van der Waals surface area contributed by atoms with Crippen LogP contribution >= 0.6 is 11.6 Å². The number of hydrogen-bond acceptors (Lipinski definition) is 2. The molecule has 0 spiro atoms. The standard InChI is InChI=1S/C12H16ClNO/c1-8(2-4-14)10-6-9-3-5-15-12(9)11(13)7-10/h6-8H,2-5,14H2,1H3. The van der Waals surface area contributed by atoms with Crippen molar-refractivity contribution < 1.29 is 4.74 Å². The summed E-state index contributed by atoms with van der Waals surface area (Å²) in [4.78, 5) is 0. The van der Waals surface area contributed by atoms with Crippen LogP contribution in [0, 0.1) is 0 Å². The minimum atomic E-state index is 0.471. The summed E-state index contributed by atoms with van der Waals surface area (Å²) in [5.74, 6) is 1.35. The lowest BCUT2D eigenvalue weighted by Gasteiger charge is -2.12. The molecule has 0 fully saturated rings. The van der Waals surface area contributed by atoms with Crippen LogP contribution in [0.4, 0.5) is 0 Å². The number of halogens is 1. The molecule has 1 aromatic carbocycles. The van der Waals surface area contributed by atoms with Crippen LogP contribution < -0.4 is 10.5 Å². The van der Waals surface area contributed by atoms with E-state index in [4.69, 9.17) is 22.1 Å². The van der Waals surface area contributed by atoms with E-state index in [0.29, 0.717) is 12.5 Å². The quantitative estimate of drug-likeness (QED) is 0.859. The molecular formula is C12H16ClNO. The highest BCUT2D eigenvalue weighted by Gasteiger charge is 2.18. The highest BCUT2D eigenvalue weighted by atomic mass is 35.5. The van der Waals surface area contributed by atoms with E-state index in [-0.39, 0.29) is 0 Å². The maximum Gasteiger partial charge on any atom is 0.141 e. The van der Waals surface area contributed by atoms with Gasteiger partial charge < -0.3 is 10.5 Å². The monoisotopic (exact) mass is 225 g/mol. The van der Waals surface area contributed by atoms with Gasteiger partial charge in [0.25, 0.3) is 0 Å². The van der Waals surface area contributed by atoms with Crippen molar-refractivity contribution in [2.75, 3.05) is 13.2 Å². The summed E-state index contributed by atoms with van der Waals surface area (Å²) >= 11 is 6.16. The highest BCUT2D eigenvalue weighted by Crippen LogP contribution is 2.36. The smallest absolute Gasteiger partial charge is 0.141 e. The summed E-state index contributed by atoms with van der Waals surface area (Å²) in [7, 11) is 0. The average Bonchev–Trinajstić information content (AvgIpc) is 2.66. The Balaban J connectivity index is 2.30. The number of rotatable bonds is 3. The summed E-state index contributed by atoms with van der Waals surface area (Å²) in [5.41, 5.74) is 8.07. The second-order valence-corrected chi connectivity index (χ2v) is 4.48. The molecule has 0 amide bonds. The van der Waals surface area contributed by atoms with Gasteiger partial charge in [0.2, 0.25) is 0 Å². The molecule has 3 heteroatoms. The van der Waals surface area contributed by atoms with Crippen LogP contribution in [0.1, 0.15) is 30.4 Å². The van der Waals surface area contributed by atoms with Crippen LogP contribution in [-0.4, -0.2) is 13.2 Å². The molecule has 0 aromatic heterocycles. The minimum absolute atomic E-state index is 0.471. The third kappa shape index (κ3) is 2.11. The summed E-state index contributed by atoms with van der Waals surface area (Å²) in [6, 6.07) is 4.21. The zero-order valence-corrected chi connectivity index (χ0v) is 9.68. The number of nitrogens with two attached hydrogens (primary N) is 1. The third-order valence-corrected chi connectivity index (χ3v) is 3.21. The first-order valence-corrected chi connectivity index (χ1v) is 5.75. The molecule has 1 unspecified atom stereocenters. The second-order valence-electron chi connectivity index (χ2n) is 4.07. The Kier molecular flexibility index (Phi) is 3.17. The van der Waals surface area contributed by atoms with Gasteiger partial charge in [-0.1, -0.05) is 24.6 Å². The van der Waals surface area contributed by atoms with Crippen molar-refractivity contribution in [3.63, 3.8) is 0 Å². The van der Waals surface area contributed by atoms with Gasteiger partial charge in [-0.3, -0.25) is 0 Å². The Hall–Kier alpha value is -0.730. The van der Waals surface area contributed by atoms with Gasteiger partial charge in [-0.2, -0.15) is 0 Å². The number of benzene rings is 1. The molecule has 1 atom stereocenters. The first kappa shape index (κ1) is 10.8. The Morgan fingerprint density at radius 3 is 3.07 bits per heavy atom. The molecule has 1 aliphatic heterocycles. The van der Waals surface area contributed by atoms with Crippen molar-refractivity contribution in [3.8, 4) is 5.75 Å². The van der Waals surface area contributed by atoms with E-state index in [1.807, 2.05) is 6.07 Å². The number of ether oxygens (including phenoxy) is 1. The maximum atomic E-state index is 6.16. The molecule has 0 aliphatic carbocycles. The fraction of sp³-hybridized carbons (Fsp3) is 0.500.